The number of thiazole rings is 1. The first kappa shape index (κ1) is 19.8. The average Bonchev–Trinajstić information content (AvgIpc) is 3.43. The summed E-state index contributed by atoms with van der Waals surface area (Å²) >= 11 is 1.42. The van der Waals surface area contributed by atoms with E-state index in [9.17, 15) is 13.2 Å². The lowest BCUT2D eigenvalue weighted by molar-refractivity contribution is -0.115. The molecular weight excluding hydrogens is 410 g/mol. The van der Waals surface area contributed by atoms with Gasteiger partial charge in [0.05, 0.1) is 17.0 Å². The largest absolute Gasteiger partial charge is 0.459 e. The number of nitrogens with zero attached hydrogens (tertiary/aromatic N) is 2. The van der Waals surface area contributed by atoms with Crippen molar-refractivity contribution in [3.63, 3.8) is 0 Å². The summed E-state index contributed by atoms with van der Waals surface area (Å²) in [6, 6.07) is 10.0. The molecule has 0 unspecified atom stereocenters. The third kappa shape index (κ3) is 4.42. The van der Waals surface area contributed by atoms with E-state index in [0.29, 0.717) is 30.2 Å². The molecule has 0 radical (unpaired) electrons. The fourth-order valence-electron chi connectivity index (χ4n) is 3.21. The molecule has 1 fully saturated rings. The fraction of sp³-hybridized carbons (Fsp3) is 0.300. The van der Waals surface area contributed by atoms with Gasteiger partial charge in [0.15, 0.2) is 10.8 Å². The van der Waals surface area contributed by atoms with Gasteiger partial charge in [0.2, 0.25) is 15.9 Å². The van der Waals surface area contributed by atoms with E-state index in [2.05, 4.69) is 10.3 Å². The molecule has 0 aliphatic carbocycles. The first-order chi connectivity index (χ1) is 13.9. The van der Waals surface area contributed by atoms with Crippen LogP contribution in [-0.4, -0.2) is 36.7 Å². The summed E-state index contributed by atoms with van der Waals surface area (Å²) in [4.78, 5) is 17.0. The van der Waals surface area contributed by atoms with Crippen LogP contribution < -0.4 is 5.32 Å². The second-order valence-electron chi connectivity index (χ2n) is 6.91. The Balaban J connectivity index is 1.38. The maximum absolute atomic E-state index is 12.6. The Hall–Kier alpha value is -2.49. The van der Waals surface area contributed by atoms with Gasteiger partial charge in [-0.3, -0.25) is 4.79 Å². The van der Waals surface area contributed by atoms with Gasteiger partial charge in [-0.15, -0.1) is 11.3 Å². The van der Waals surface area contributed by atoms with E-state index in [4.69, 9.17) is 4.42 Å². The van der Waals surface area contributed by atoms with Crippen molar-refractivity contribution in [2.75, 3.05) is 18.4 Å². The van der Waals surface area contributed by atoms with E-state index in [-0.39, 0.29) is 17.2 Å². The van der Waals surface area contributed by atoms with Crippen LogP contribution in [0, 0.1) is 6.92 Å². The molecule has 152 valence electrons. The van der Waals surface area contributed by atoms with Gasteiger partial charge < -0.3 is 9.73 Å². The third-order valence-electron chi connectivity index (χ3n) is 4.69. The zero-order chi connectivity index (χ0) is 20.4. The summed E-state index contributed by atoms with van der Waals surface area (Å²) < 4.78 is 32.2. The molecule has 0 atom stereocenters. The summed E-state index contributed by atoms with van der Waals surface area (Å²) in [7, 11) is -3.45. The normalized spacial score (nSPS) is 14.9. The molecule has 1 aliphatic heterocycles. The van der Waals surface area contributed by atoms with Crippen molar-refractivity contribution in [2.45, 2.75) is 31.1 Å². The van der Waals surface area contributed by atoms with Crippen molar-refractivity contribution in [1.29, 1.82) is 0 Å². The first-order valence-electron chi connectivity index (χ1n) is 9.33. The Labute approximate surface area is 173 Å². The predicted molar refractivity (Wildman–Crippen MR) is 111 cm³/mol. The van der Waals surface area contributed by atoms with Crippen LogP contribution in [0.1, 0.15) is 24.3 Å². The highest BCUT2D eigenvalue weighted by Gasteiger charge is 2.26. The van der Waals surface area contributed by atoms with Crippen LogP contribution in [0.15, 0.2) is 51.1 Å². The minimum atomic E-state index is -3.45. The Kier molecular flexibility index (Phi) is 5.53. The molecule has 0 bridgehead atoms. The second kappa shape index (κ2) is 8.10. The number of hydrogen-bond donors (Lipinski definition) is 1. The van der Waals surface area contributed by atoms with Gasteiger partial charge in [0, 0.05) is 24.2 Å². The second-order valence-corrected chi connectivity index (χ2v) is 9.71. The zero-order valence-corrected chi connectivity index (χ0v) is 17.6. The molecule has 1 amide bonds. The van der Waals surface area contributed by atoms with Crippen molar-refractivity contribution in [1.82, 2.24) is 9.29 Å². The number of carbonyl (C=O) groups excluding carboxylic acids is 1. The standard InChI is InChI=1S/C20H21N3O4S2/c1-14-4-9-18(27-14)20-22-16(13-28-20)12-19(24)21-15-5-7-17(8-6-15)29(25,26)23-10-2-3-11-23/h4-9,13H,2-3,10-12H2,1H3,(H,21,24). The topological polar surface area (TPSA) is 92.5 Å². The molecule has 2 aromatic heterocycles. The lowest BCUT2D eigenvalue weighted by atomic mass is 10.3. The van der Waals surface area contributed by atoms with Gasteiger partial charge in [-0.25, -0.2) is 13.4 Å². The van der Waals surface area contributed by atoms with Crippen molar-refractivity contribution >= 4 is 33.0 Å². The molecule has 1 aliphatic rings. The molecule has 7 nitrogen and oxygen atoms in total. The number of nitrogens with one attached hydrogen (secondary N) is 1. The maximum Gasteiger partial charge on any atom is 0.243 e. The van der Waals surface area contributed by atoms with Crippen LogP contribution in [0.3, 0.4) is 0 Å². The Morgan fingerprint density at radius 2 is 1.90 bits per heavy atom. The number of rotatable bonds is 6. The van der Waals surface area contributed by atoms with Crippen LogP contribution in [0.5, 0.6) is 0 Å². The molecule has 3 aromatic rings. The number of aryl methyl sites for hydroxylation is 1. The number of carbonyl (C=O) groups is 1. The van der Waals surface area contributed by atoms with Gasteiger partial charge in [-0.05, 0) is 56.2 Å². The van der Waals surface area contributed by atoms with E-state index in [0.717, 1.165) is 23.6 Å². The number of amides is 1. The molecule has 1 aromatic carbocycles. The van der Waals surface area contributed by atoms with E-state index in [1.54, 1.807) is 12.1 Å². The molecular formula is C20H21N3O4S2. The van der Waals surface area contributed by atoms with Crippen molar-refractivity contribution in [3.05, 3.63) is 53.2 Å². The maximum atomic E-state index is 12.6. The third-order valence-corrected chi connectivity index (χ3v) is 7.50. The van der Waals surface area contributed by atoms with Crippen molar-refractivity contribution in [2.24, 2.45) is 0 Å². The molecule has 3 heterocycles. The number of hydrogen-bond acceptors (Lipinski definition) is 6. The van der Waals surface area contributed by atoms with Crippen molar-refractivity contribution in [3.8, 4) is 10.8 Å². The summed E-state index contributed by atoms with van der Waals surface area (Å²) in [6.45, 7) is 3.00. The minimum Gasteiger partial charge on any atom is -0.459 e. The van der Waals surface area contributed by atoms with Crippen molar-refractivity contribution < 1.29 is 17.6 Å². The molecule has 0 saturated carbocycles. The Morgan fingerprint density at radius 1 is 1.17 bits per heavy atom. The Morgan fingerprint density at radius 3 is 2.55 bits per heavy atom. The highest BCUT2D eigenvalue weighted by Crippen LogP contribution is 2.26. The highest BCUT2D eigenvalue weighted by atomic mass is 32.2. The SMILES string of the molecule is Cc1ccc(-c2nc(CC(=O)Nc3ccc(S(=O)(=O)N4CCCC4)cc3)cs2)o1. The highest BCUT2D eigenvalue weighted by molar-refractivity contribution is 7.89. The lowest BCUT2D eigenvalue weighted by Crippen LogP contribution is -2.27. The molecule has 29 heavy (non-hydrogen) atoms. The van der Waals surface area contributed by atoms with E-state index < -0.39 is 10.0 Å². The van der Waals surface area contributed by atoms with Gasteiger partial charge in [0.1, 0.15) is 5.76 Å². The van der Waals surface area contributed by atoms with Crippen LogP contribution in [0.4, 0.5) is 5.69 Å². The zero-order valence-electron chi connectivity index (χ0n) is 15.9. The molecule has 0 spiro atoms. The number of sulfonamides is 1. The fourth-order valence-corrected chi connectivity index (χ4v) is 5.50. The van der Waals surface area contributed by atoms with Crippen LogP contribution in [0.25, 0.3) is 10.8 Å². The number of benzene rings is 1. The van der Waals surface area contributed by atoms with Crippen LogP contribution >= 0.6 is 11.3 Å². The Bertz CT molecular complexity index is 1110. The summed E-state index contributed by atoms with van der Waals surface area (Å²) in [5.41, 5.74) is 1.21. The summed E-state index contributed by atoms with van der Waals surface area (Å²) in [5, 5.41) is 5.35. The van der Waals surface area contributed by atoms with Gasteiger partial charge >= 0.3 is 0 Å². The summed E-state index contributed by atoms with van der Waals surface area (Å²) in [5.74, 6) is 1.28. The smallest absolute Gasteiger partial charge is 0.243 e. The van der Waals surface area contributed by atoms with Gasteiger partial charge in [0.25, 0.3) is 0 Å². The minimum absolute atomic E-state index is 0.129. The van der Waals surface area contributed by atoms with E-state index in [1.807, 2.05) is 24.4 Å². The molecule has 9 heteroatoms. The number of anilines is 1. The average molecular weight is 432 g/mol. The molecule has 4 rings (SSSR count). The molecule has 1 N–H and O–H groups in total. The number of furan rings is 1. The molecule has 1 saturated heterocycles. The quantitative estimate of drug-likeness (QED) is 0.643. The van der Waals surface area contributed by atoms with Gasteiger partial charge in [-0.1, -0.05) is 0 Å². The lowest BCUT2D eigenvalue weighted by Gasteiger charge is -2.15. The first-order valence-corrected chi connectivity index (χ1v) is 11.6. The van der Waals surface area contributed by atoms with Gasteiger partial charge in [-0.2, -0.15) is 4.31 Å². The summed E-state index contributed by atoms with van der Waals surface area (Å²) in [6.07, 6.45) is 1.92. The van der Waals surface area contributed by atoms with Crippen LogP contribution in [-0.2, 0) is 21.2 Å². The van der Waals surface area contributed by atoms with Crippen LogP contribution in [0.2, 0.25) is 0 Å². The van der Waals surface area contributed by atoms with E-state index in [1.165, 1.54) is 27.8 Å². The monoisotopic (exact) mass is 431 g/mol. The van der Waals surface area contributed by atoms with E-state index >= 15 is 0 Å². The number of aromatic nitrogens is 1. The predicted octanol–water partition coefficient (Wildman–Crippen LogP) is 3.68.